The van der Waals surface area contributed by atoms with Crippen molar-refractivity contribution in [2.75, 3.05) is 21.0 Å². The van der Waals surface area contributed by atoms with E-state index in [1.54, 1.807) is 14.2 Å². The summed E-state index contributed by atoms with van der Waals surface area (Å²) in [7, 11) is 3.40. The normalized spacial score (nSPS) is 12.8. The second kappa shape index (κ2) is 8.11. The second-order valence-corrected chi connectivity index (χ2v) is 6.29. The Kier molecular flexibility index (Phi) is 5.65. The molecule has 132 valence electrons. The first-order chi connectivity index (χ1) is 12.2. The van der Waals surface area contributed by atoms with Crippen LogP contribution in [0.2, 0.25) is 0 Å². The predicted molar refractivity (Wildman–Crippen MR) is 100 cm³/mol. The smallest absolute Gasteiger partial charge is 0.231 e. The number of aliphatic imine (C=N–C) groups is 1. The Bertz CT molecular complexity index is 780. The molecule has 0 radical (unpaired) electrons. The molecule has 1 heterocycles. The van der Waals surface area contributed by atoms with Gasteiger partial charge < -0.3 is 24.8 Å². The van der Waals surface area contributed by atoms with E-state index in [1.807, 2.05) is 36.4 Å². The summed E-state index contributed by atoms with van der Waals surface area (Å²) < 4.78 is 16.9. The van der Waals surface area contributed by atoms with Crippen molar-refractivity contribution < 1.29 is 14.2 Å². The zero-order valence-electron chi connectivity index (χ0n) is 14.1. The van der Waals surface area contributed by atoms with E-state index in [0.29, 0.717) is 13.1 Å². The number of nitrogens with one attached hydrogen (secondary N) is 2. The third-order valence-electron chi connectivity index (χ3n) is 3.80. The Morgan fingerprint density at radius 1 is 1.08 bits per heavy atom. The van der Waals surface area contributed by atoms with Crippen LogP contribution in [0.25, 0.3) is 0 Å². The Balaban J connectivity index is 1.54. The number of hydrogen-bond donors (Lipinski definition) is 2. The zero-order chi connectivity index (χ0) is 17.6. The van der Waals surface area contributed by atoms with Crippen LogP contribution in [-0.2, 0) is 13.1 Å². The van der Waals surface area contributed by atoms with Gasteiger partial charge in [-0.2, -0.15) is 0 Å². The van der Waals surface area contributed by atoms with Crippen LogP contribution in [0.4, 0.5) is 0 Å². The van der Waals surface area contributed by atoms with E-state index in [-0.39, 0.29) is 6.79 Å². The lowest BCUT2D eigenvalue weighted by molar-refractivity contribution is 0.174. The molecule has 0 saturated heterocycles. The van der Waals surface area contributed by atoms with Crippen molar-refractivity contribution in [3.8, 4) is 17.2 Å². The van der Waals surface area contributed by atoms with Crippen LogP contribution < -0.4 is 24.8 Å². The molecule has 1 aliphatic heterocycles. The lowest BCUT2D eigenvalue weighted by atomic mass is 10.2. The van der Waals surface area contributed by atoms with Gasteiger partial charge in [-0.1, -0.05) is 12.1 Å². The summed E-state index contributed by atoms with van der Waals surface area (Å²) in [6.07, 6.45) is 0. The molecule has 2 aromatic carbocycles. The highest BCUT2D eigenvalue weighted by Gasteiger charge is 2.13. The van der Waals surface area contributed by atoms with E-state index in [9.17, 15) is 0 Å². The van der Waals surface area contributed by atoms with Gasteiger partial charge in [-0.15, -0.1) is 0 Å². The minimum atomic E-state index is 0.285. The molecule has 2 N–H and O–H groups in total. The van der Waals surface area contributed by atoms with Crippen molar-refractivity contribution in [2.24, 2.45) is 4.99 Å². The zero-order valence-corrected chi connectivity index (χ0v) is 15.7. The van der Waals surface area contributed by atoms with E-state index in [4.69, 9.17) is 14.2 Å². The monoisotopic (exact) mass is 405 g/mol. The molecule has 0 bridgehead atoms. The number of fused-ring (bicyclic) bond motifs is 1. The second-order valence-electron chi connectivity index (χ2n) is 5.44. The fourth-order valence-corrected chi connectivity index (χ4v) is 3.05. The summed E-state index contributed by atoms with van der Waals surface area (Å²) in [6.45, 7) is 1.58. The van der Waals surface area contributed by atoms with Crippen LogP contribution >= 0.6 is 15.9 Å². The topological polar surface area (TPSA) is 64.1 Å². The van der Waals surface area contributed by atoms with E-state index >= 15 is 0 Å². The maximum Gasteiger partial charge on any atom is 0.231 e. The summed E-state index contributed by atoms with van der Waals surface area (Å²) in [4.78, 5) is 4.25. The maximum atomic E-state index is 5.40. The number of halogens is 1. The highest BCUT2D eigenvalue weighted by molar-refractivity contribution is 9.10. The molecule has 0 atom stereocenters. The van der Waals surface area contributed by atoms with Crippen LogP contribution in [0.5, 0.6) is 17.2 Å². The Morgan fingerprint density at radius 2 is 1.76 bits per heavy atom. The van der Waals surface area contributed by atoms with Gasteiger partial charge in [0.2, 0.25) is 6.79 Å². The summed E-state index contributed by atoms with van der Waals surface area (Å²) >= 11 is 3.50. The summed E-state index contributed by atoms with van der Waals surface area (Å²) in [5.41, 5.74) is 2.22. The number of rotatable bonds is 5. The first-order valence-corrected chi connectivity index (χ1v) is 8.64. The molecule has 0 saturated carbocycles. The largest absolute Gasteiger partial charge is 0.496 e. The lowest BCUT2D eigenvalue weighted by Gasteiger charge is -2.13. The van der Waals surface area contributed by atoms with Crippen molar-refractivity contribution in [1.82, 2.24) is 10.6 Å². The van der Waals surface area contributed by atoms with Crippen molar-refractivity contribution in [2.45, 2.75) is 13.1 Å². The first-order valence-electron chi connectivity index (χ1n) is 7.85. The van der Waals surface area contributed by atoms with Gasteiger partial charge in [0.1, 0.15) is 5.75 Å². The van der Waals surface area contributed by atoms with Gasteiger partial charge in [0.05, 0.1) is 11.6 Å². The van der Waals surface area contributed by atoms with Gasteiger partial charge in [0.25, 0.3) is 0 Å². The molecule has 0 unspecified atom stereocenters. The number of guanidine groups is 1. The highest BCUT2D eigenvalue weighted by atomic mass is 79.9. The highest BCUT2D eigenvalue weighted by Crippen LogP contribution is 2.32. The molecule has 25 heavy (non-hydrogen) atoms. The molecule has 6 nitrogen and oxygen atoms in total. The predicted octanol–water partition coefficient (Wildman–Crippen LogP) is 3.05. The molecule has 1 aliphatic rings. The molecular weight excluding hydrogens is 386 g/mol. The lowest BCUT2D eigenvalue weighted by Crippen LogP contribution is -2.36. The van der Waals surface area contributed by atoms with Gasteiger partial charge in [-0.25, -0.2) is 0 Å². The van der Waals surface area contributed by atoms with Gasteiger partial charge in [0.15, 0.2) is 17.5 Å². The molecule has 3 rings (SSSR count). The average molecular weight is 406 g/mol. The molecular formula is C18H20BrN3O3. The molecule has 2 aromatic rings. The fourth-order valence-electron chi connectivity index (χ4n) is 2.46. The average Bonchev–Trinajstić information content (AvgIpc) is 3.09. The summed E-state index contributed by atoms with van der Waals surface area (Å²) in [5, 5.41) is 6.58. The number of benzene rings is 2. The van der Waals surface area contributed by atoms with Crippen molar-refractivity contribution in [3.05, 3.63) is 52.0 Å². The van der Waals surface area contributed by atoms with Gasteiger partial charge >= 0.3 is 0 Å². The Hall–Kier alpha value is -2.41. The molecule has 0 aliphatic carbocycles. The van der Waals surface area contributed by atoms with Crippen molar-refractivity contribution in [3.63, 3.8) is 0 Å². The number of ether oxygens (including phenoxy) is 3. The van der Waals surface area contributed by atoms with Crippen LogP contribution in [-0.4, -0.2) is 26.9 Å². The maximum absolute atomic E-state index is 5.40. The minimum absolute atomic E-state index is 0.285. The number of methoxy groups -OCH3 is 1. The summed E-state index contributed by atoms with van der Waals surface area (Å²) in [5.74, 6) is 3.11. The van der Waals surface area contributed by atoms with Crippen LogP contribution in [0, 0.1) is 0 Å². The standard InChI is InChI=1S/C18H20BrN3O3/c1-20-18(21-9-12-3-5-15(23-2)14(19)7-12)22-10-13-4-6-16-17(8-13)25-11-24-16/h3-8H,9-11H2,1-2H3,(H2,20,21,22). The number of nitrogens with zero attached hydrogens (tertiary/aromatic N) is 1. The van der Waals surface area contributed by atoms with E-state index in [1.165, 1.54) is 0 Å². The van der Waals surface area contributed by atoms with E-state index in [2.05, 4.69) is 31.6 Å². The van der Waals surface area contributed by atoms with Crippen LogP contribution in [0.1, 0.15) is 11.1 Å². The third-order valence-corrected chi connectivity index (χ3v) is 4.42. The SMILES string of the molecule is CN=C(NCc1ccc(OC)c(Br)c1)NCc1ccc2c(c1)OCO2. The fraction of sp³-hybridized carbons (Fsp3) is 0.278. The molecule has 0 aromatic heterocycles. The van der Waals surface area contributed by atoms with Crippen molar-refractivity contribution in [1.29, 1.82) is 0 Å². The van der Waals surface area contributed by atoms with Crippen LogP contribution in [0.15, 0.2) is 45.9 Å². The van der Waals surface area contributed by atoms with Crippen LogP contribution in [0.3, 0.4) is 0 Å². The Morgan fingerprint density at radius 3 is 2.44 bits per heavy atom. The van der Waals surface area contributed by atoms with E-state index < -0.39 is 0 Å². The molecule has 0 fully saturated rings. The molecule has 0 spiro atoms. The van der Waals surface area contributed by atoms with Gasteiger partial charge in [-0.05, 0) is 51.3 Å². The third kappa shape index (κ3) is 4.36. The summed E-state index contributed by atoms with van der Waals surface area (Å²) in [6, 6.07) is 11.9. The first kappa shape index (κ1) is 17.4. The van der Waals surface area contributed by atoms with Gasteiger partial charge in [-0.3, -0.25) is 4.99 Å². The van der Waals surface area contributed by atoms with E-state index in [0.717, 1.165) is 38.8 Å². The van der Waals surface area contributed by atoms with Gasteiger partial charge in [0, 0.05) is 20.1 Å². The minimum Gasteiger partial charge on any atom is -0.496 e. The van der Waals surface area contributed by atoms with Crippen molar-refractivity contribution >= 4 is 21.9 Å². The molecule has 0 amide bonds. The molecule has 7 heteroatoms. The number of hydrogen-bond acceptors (Lipinski definition) is 4. The Labute approximate surface area is 155 Å². The quantitative estimate of drug-likeness (QED) is 0.591.